The highest BCUT2D eigenvalue weighted by molar-refractivity contribution is 5.69. The van der Waals surface area contributed by atoms with Crippen molar-refractivity contribution >= 4 is 6.09 Å². The number of hydrogen-bond acceptors (Lipinski definition) is 4. The first-order chi connectivity index (χ1) is 10.9. The van der Waals surface area contributed by atoms with Gasteiger partial charge in [-0.2, -0.15) is 0 Å². The van der Waals surface area contributed by atoms with E-state index in [0.717, 1.165) is 18.4 Å². The van der Waals surface area contributed by atoms with Crippen LogP contribution in [0.4, 0.5) is 4.79 Å². The van der Waals surface area contributed by atoms with Gasteiger partial charge in [-0.15, -0.1) is 5.92 Å². The highest BCUT2D eigenvalue weighted by Crippen LogP contribution is 2.22. The Morgan fingerprint density at radius 2 is 2.22 bits per heavy atom. The van der Waals surface area contributed by atoms with Crippen LogP contribution in [-0.4, -0.2) is 40.8 Å². The lowest BCUT2D eigenvalue weighted by atomic mass is 10.2. The maximum atomic E-state index is 12.2. The summed E-state index contributed by atoms with van der Waals surface area (Å²) < 4.78 is 11.3. The predicted molar refractivity (Wildman–Crippen MR) is 88.2 cm³/mol. The van der Waals surface area contributed by atoms with Crippen LogP contribution >= 0.6 is 0 Å². The van der Waals surface area contributed by atoms with Crippen molar-refractivity contribution in [3.8, 4) is 17.6 Å². The maximum absolute atomic E-state index is 12.2. The van der Waals surface area contributed by atoms with Crippen molar-refractivity contribution in [2.24, 2.45) is 0 Å². The Bertz CT molecular complexity index is 611. The Morgan fingerprint density at radius 1 is 1.43 bits per heavy atom. The molecule has 1 aromatic rings. The van der Waals surface area contributed by atoms with Gasteiger partial charge in [-0.3, -0.25) is 4.98 Å². The molecule has 0 radical (unpaired) electrons. The van der Waals surface area contributed by atoms with E-state index in [0.29, 0.717) is 18.9 Å². The first-order valence-electron chi connectivity index (χ1n) is 7.89. The van der Waals surface area contributed by atoms with Crippen LogP contribution in [0.5, 0.6) is 5.75 Å². The van der Waals surface area contributed by atoms with Crippen molar-refractivity contribution in [2.45, 2.75) is 52.2 Å². The second-order valence-corrected chi connectivity index (χ2v) is 6.57. The van der Waals surface area contributed by atoms with Gasteiger partial charge in [0.25, 0.3) is 0 Å². The summed E-state index contributed by atoms with van der Waals surface area (Å²) in [6, 6.07) is 1.89. The van der Waals surface area contributed by atoms with E-state index in [2.05, 4.69) is 16.8 Å². The van der Waals surface area contributed by atoms with Crippen LogP contribution in [0.2, 0.25) is 0 Å². The number of carbonyl (C=O) groups excluding carboxylic acids is 1. The number of aromatic nitrogens is 1. The zero-order chi connectivity index (χ0) is 16.9. The highest BCUT2D eigenvalue weighted by Gasteiger charge is 2.32. The Kier molecular flexibility index (Phi) is 5.49. The van der Waals surface area contributed by atoms with Crippen molar-refractivity contribution in [1.29, 1.82) is 0 Å². The van der Waals surface area contributed by atoms with Crippen LogP contribution in [0.1, 0.15) is 46.1 Å². The van der Waals surface area contributed by atoms with Gasteiger partial charge in [0.05, 0.1) is 12.2 Å². The van der Waals surface area contributed by atoms with E-state index in [9.17, 15) is 4.79 Å². The van der Waals surface area contributed by atoms with Gasteiger partial charge in [0.15, 0.2) is 0 Å². The lowest BCUT2D eigenvalue weighted by Crippen LogP contribution is -2.42. The van der Waals surface area contributed by atoms with Crippen molar-refractivity contribution in [3.63, 3.8) is 0 Å². The van der Waals surface area contributed by atoms with Gasteiger partial charge in [0.1, 0.15) is 18.0 Å². The topological polar surface area (TPSA) is 51.7 Å². The van der Waals surface area contributed by atoms with Gasteiger partial charge >= 0.3 is 6.09 Å². The molecule has 2 heterocycles. The van der Waals surface area contributed by atoms with E-state index in [1.165, 1.54) is 0 Å². The average molecular weight is 316 g/mol. The zero-order valence-corrected chi connectivity index (χ0v) is 14.3. The third-order valence-electron chi connectivity index (χ3n) is 3.43. The molecule has 1 aliphatic heterocycles. The molecule has 0 spiro atoms. The zero-order valence-electron chi connectivity index (χ0n) is 14.3. The lowest BCUT2D eigenvalue weighted by molar-refractivity contribution is 0.0187. The monoisotopic (exact) mass is 316 g/mol. The van der Waals surface area contributed by atoms with Gasteiger partial charge in [0, 0.05) is 18.3 Å². The van der Waals surface area contributed by atoms with Gasteiger partial charge in [-0.25, -0.2) is 4.79 Å². The molecule has 5 heteroatoms. The summed E-state index contributed by atoms with van der Waals surface area (Å²) in [6.45, 7) is 8.55. The second kappa shape index (κ2) is 7.36. The predicted octanol–water partition coefficient (Wildman–Crippen LogP) is 3.23. The van der Waals surface area contributed by atoms with Crippen LogP contribution < -0.4 is 4.74 Å². The fourth-order valence-electron chi connectivity index (χ4n) is 2.47. The third kappa shape index (κ3) is 5.17. The number of carbonyl (C=O) groups is 1. The Balaban J connectivity index is 1.95. The van der Waals surface area contributed by atoms with E-state index >= 15 is 0 Å². The summed E-state index contributed by atoms with van der Waals surface area (Å²) in [5.41, 5.74) is 0.336. The fraction of sp³-hybridized carbons (Fsp3) is 0.556. The van der Waals surface area contributed by atoms with E-state index in [1.807, 2.05) is 26.8 Å². The molecule has 1 unspecified atom stereocenters. The molecule has 0 saturated carbocycles. The second-order valence-electron chi connectivity index (χ2n) is 6.57. The van der Waals surface area contributed by atoms with Crippen LogP contribution in [0.15, 0.2) is 18.5 Å². The number of amides is 1. The molecule has 0 N–H and O–H groups in total. The summed E-state index contributed by atoms with van der Waals surface area (Å²) in [4.78, 5) is 18.1. The summed E-state index contributed by atoms with van der Waals surface area (Å²) in [5, 5.41) is 0. The maximum Gasteiger partial charge on any atom is 0.410 e. The summed E-state index contributed by atoms with van der Waals surface area (Å²) in [6.07, 6.45) is 4.97. The number of ether oxygens (including phenoxy) is 2. The first-order valence-corrected chi connectivity index (χ1v) is 7.89. The molecule has 1 fully saturated rings. The molecule has 5 nitrogen and oxygen atoms in total. The molecule has 1 atom stereocenters. The lowest BCUT2D eigenvalue weighted by Gasteiger charge is -2.28. The Hall–Kier alpha value is -2.22. The molecule has 2 rings (SSSR count). The fourth-order valence-corrected chi connectivity index (χ4v) is 2.47. The molecular formula is C18H24N2O3. The van der Waals surface area contributed by atoms with E-state index in [-0.39, 0.29) is 12.1 Å². The van der Waals surface area contributed by atoms with Crippen LogP contribution in [-0.2, 0) is 4.74 Å². The van der Waals surface area contributed by atoms with E-state index in [4.69, 9.17) is 9.47 Å². The quantitative estimate of drug-likeness (QED) is 0.803. The number of rotatable bonds is 3. The first kappa shape index (κ1) is 17.1. The largest absolute Gasteiger partial charge is 0.490 e. The Morgan fingerprint density at radius 3 is 2.91 bits per heavy atom. The van der Waals surface area contributed by atoms with Gasteiger partial charge in [0.2, 0.25) is 0 Å². The number of nitrogens with zero attached hydrogens (tertiary/aromatic N) is 2. The average Bonchev–Trinajstić information content (AvgIpc) is 2.93. The number of likely N-dealkylation sites (tertiary alicyclic amines) is 1. The van der Waals surface area contributed by atoms with Crippen LogP contribution in [0.25, 0.3) is 0 Å². The molecule has 23 heavy (non-hydrogen) atoms. The number of pyridine rings is 1. The standard InChI is InChI=1S/C18H24N2O3/c1-5-7-14-10-16(12-19-11-14)22-13-15-8-6-9-20(15)17(21)23-18(2,3)4/h10-12,15H,6,8-9,13H2,1-4H3. The molecule has 1 aliphatic rings. The van der Waals surface area contributed by atoms with E-state index < -0.39 is 5.60 Å². The molecule has 0 aliphatic carbocycles. The Labute approximate surface area is 138 Å². The normalized spacial score (nSPS) is 17.4. The highest BCUT2D eigenvalue weighted by atomic mass is 16.6. The SMILES string of the molecule is CC#Cc1cncc(OCC2CCCN2C(=O)OC(C)(C)C)c1. The van der Waals surface area contributed by atoms with E-state index in [1.54, 1.807) is 24.2 Å². The van der Waals surface area contributed by atoms with Crippen molar-refractivity contribution in [2.75, 3.05) is 13.2 Å². The van der Waals surface area contributed by atoms with Crippen molar-refractivity contribution in [1.82, 2.24) is 9.88 Å². The van der Waals surface area contributed by atoms with Gasteiger partial charge in [-0.05, 0) is 46.6 Å². The van der Waals surface area contributed by atoms with Gasteiger partial charge in [-0.1, -0.05) is 5.92 Å². The summed E-state index contributed by atoms with van der Waals surface area (Å²) in [7, 11) is 0. The van der Waals surface area contributed by atoms with Crippen molar-refractivity contribution < 1.29 is 14.3 Å². The molecular weight excluding hydrogens is 292 g/mol. The summed E-state index contributed by atoms with van der Waals surface area (Å²) >= 11 is 0. The third-order valence-corrected chi connectivity index (χ3v) is 3.43. The minimum Gasteiger partial charge on any atom is -0.490 e. The smallest absolute Gasteiger partial charge is 0.410 e. The molecule has 1 aromatic heterocycles. The minimum absolute atomic E-state index is 0.0331. The number of hydrogen-bond donors (Lipinski definition) is 0. The summed E-state index contributed by atoms with van der Waals surface area (Å²) in [5.74, 6) is 6.46. The van der Waals surface area contributed by atoms with Crippen LogP contribution in [0, 0.1) is 11.8 Å². The van der Waals surface area contributed by atoms with Gasteiger partial charge < -0.3 is 14.4 Å². The molecule has 1 amide bonds. The van der Waals surface area contributed by atoms with Crippen LogP contribution in [0.3, 0.4) is 0 Å². The molecule has 0 bridgehead atoms. The minimum atomic E-state index is -0.484. The molecule has 124 valence electrons. The van der Waals surface area contributed by atoms with Crippen molar-refractivity contribution in [3.05, 3.63) is 24.0 Å². The molecule has 1 saturated heterocycles. The molecule has 0 aromatic carbocycles.